The van der Waals surface area contributed by atoms with Crippen molar-refractivity contribution in [3.63, 3.8) is 0 Å². The van der Waals surface area contributed by atoms with Gasteiger partial charge in [0.05, 0.1) is 31.2 Å². The Morgan fingerprint density at radius 1 is 1.04 bits per heavy atom. The van der Waals surface area contributed by atoms with E-state index in [1.807, 2.05) is 0 Å². The van der Waals surface area contributed by atoms with Crippen molar-refractivity contribution >= 4 is 16.9 Å². The minimum atomic E-state index is -0.608. The van der Waals surface area contributed by atoms with E-state index in [1.54, 1.807) is 63.7 Å². The molecule has 132 valence electrons. The Kier molecular flexibility index (Phi) is 3.68. The second-order valence-electron chi connectivity index (χ2n) is 6.10. The molecule has 0 bridgehead atoms. The summed E-state index contributed by atoms with van der Waals surface area (Å²) in [4.78, 5) is 27.4. The zero-order chi connectivity index (χ0) is 18.4. The van der Waals surface area contributed by atoms with Crippen molar-refractivity contribution in [2.45, 2.75) is 6.04 Å². The fraction of sp³-hybridized carbons (Fsp3) is 0.200. The molecule has 2 heterocycles. The Morgan fingerprint density at radius 2 is 1.81 bits per heavy atom. The third kappa shape index (κ3) is 2.19. The first-order valence-corrected chi connectivity index (χ1v) is 8.11. The number of hydrogen-bond acceptors (Lipinski definition) is 5. The van der Waals surface area contributed by atoms with Crippen LogP contribution in [0.25, 0.3) is 11.0 Å². The van der Waals surface area contributed by atoms with Gasteiger partial charge in [-0.2, -0.15) is 0 Å². The summed E-state index contributed by atoms with van der Waals surface area (Å²) in [5.74, 6) is 0.917. The number of amides is 1. The van der Waals surface area contributed by atoms with Crippen molar-refractivity contribution in [2.24, 2.45) is 0 Å². The lowest BCUT2D eigenvalue weighted by Gasteiger charge is -2.22. The van der Waals surface area contributed by atoms with E-state index in [1.165, 1.54) is 4.90 Å². The third-order valence-corrected chi connectivity index (χ3v) is 4.74. The van der Waals surface area contributed by atoms with Crippen LogP contribution in [0.2, 0.25) is 0 Å². The highest BCUT2D eigenvalue weighted by atomic mass is 16.5. The van der Waals surface area contributed by atoms with Gasteiger partial charge in [0.25, 0.3) is 5.91 Å². The fourth-order valence-electron chi connectivity index (χ4n) is 3.45. The van der Waals surface area contributed by atoms with Gasteiger partial charge in [-0.25, -0.2) is 0 Å². The number of fused-ring (bicyclic) bond motifs is 2. The molecule has 1 aliphatic heterocycles. The molecule has 0 spiro atoms. The van der Waals surface area contributed by atoms with Gasteiger partial charge in [-0.3, -0.25) is 9.59 Å². The van der Waals surface area contributed by atoms with E-state index in [9.17, 15) is 9.59 Å². The summed E-state index contributed by atoms with van der Waals surface area (Å²) in [6.07, 6.45) is 0. The molecule has 3 aromatic rings. The maximum atomic E-state index is 13.1. The summed E-state index contributed by atoms with van der Waals surface area (Å²) in [5, 5.41) is 0.446. The first-order chi connectivity index (χ1) is 12.6. The number of carbonyl (C=O) groups excluding carboxylic acids is 1. The number of methoxy groups -OCH3 is 2. The molecule has 6 heteroatoms. The number of ether oxygens (including phenoxy) is 2. The molecule has 1 aliphatic rings. The van der Waals surface area contributed by atoms with E-state index in [2.05, 4.69) is 0 Å². The highest BCUT2D eigenvalue weighted by Crippen LogP contribution is 2.41. The minimum Gasteiger partial charge on any atom is -0.497 e. The van der Waals surface area contributed by atoms with E-state index >= 15 is 0 Å². The van der Waals surface area contributed by atoms with Crippen LogP contribution in [0.4, 0.5) is 0 Å². The molecular formula is C20H17NO5. The van der Waals surface area contributed by atoms with Crippen LogP contribution in [0.15, 0.2) is 51.7 Å². The number of para-hydroxylation sites is 1. The van der Waals surface area contributed by atoms with Crippen LogP contribution in [0, 0.1) is 0 Å². The molecular weight excluding hydrogens is 334 g/mol. The lowest BCUT2D eigenvalue weighted by molar-refractivity contribution is 0.0770. The number of nitrogens with zero attached hydrogens (tertiary/aromatic N) is 1. The fourth-order valence-corrected chi connectivity index (χ4v) is 3.45. The highest BCUT2D eigenvalue weighted by molar-refractivity contribution is 5.99. The largest absolute Gasteiger partial charge is 0.497 e. The van der Waals surface area contributed by atoms with Crippen LogP contribution in [0.1, 0.15) is 27.7 Å². The molecule has 0 fully saturated rings. The van der Waals surface area contributed by atoms with Crippen LogP contribution in [-0.4, -0.2) is 32.1 Å². The smallest absolute Gasteiger partial charge is 0.290 e. The molecule has 1 amide bonds. The Morgan fingerprint density at radius 3 is 2.54 bits per heavy atom. The number of carbonyl (C=O) groups is 1. The predicted octanol–water partition coefficient (Wildman–Crippen LogP) is 2.99. The van der Waals surface area contributed by atoms with Gasteiger partial charge >= 0.3 is 0 Å². The van der Waals surface area contributed by atoms with Gasteiger partial charge in [0.15, 0.2) is 5.43 Å². The van der Waals surface area contributed by atoms with E-state index < -0.39 is 6.04 Å². The first-order valence-electron chi connectivity index (χ1n) is 8.11. The topological polar surface area (TPSA) is 69.0 Å². The summed E-state index contributed by atoms with van der Waals surface area (Å²) in [7, 11) is 4.75. The lowest BCUT2D eigenvalue weighted by atomic mass is 9.97. The van der Waals surface area contributed by atoms with Gasteiger partial charge in [-0.1, -0.05) is 12.1 Å². The normalized spacial score (nSPS) is 16.0. The van der Waals surface area contributed by atoms with Gasteiger partial charge in [0, 0.05) is 12.6 Å². The maximum Gasteiger partial charge on any atom is 0.290 e. The minimum absolute atomic E-state index is 0.0751. The summed E-state index contributed by atoms with van der Waals surface area (Å²) in [5.41, 5.74) is 1.18. The molecule has 26 heavy (non-hydrogen) atoms. The quantitative estimate of drug-likeness (QED) is 0.726. The molecule has 2 aromatic carbocycles. The predicted molar refractivity (Wildman–Crippen MR) is 96.0 cm³/mol. The molecule has 4 rings (SSSR count). The van der Waals surface area contributed by atoms with Crippen LogP contribution in [0.3, 0.4) is 0 Å². The van der Waals surface area contributed by atoms with Crippen molar-refractivity contribution < 1.29 is 18.7 Å². The molecule has 0 saturated carbocycles. The zero-order valence-electron chi connectivity index (χ0n) is 14.6. The molecule has 0 N–H and O–H groups in total. The van der Waals surface area contributed by atoms with Gasteiger partial charge < -0.3 is 18.8 Å². The third-order valence-electron chi connectivity index (χ3n) is 4.74. The van der Waals surface area contributed by atoms with Gasteiger partial charge in [0.1, 0.15) is 17.1 Å². The molecule has 1 unspecified atom stereocenters. The second-order valence-corrected chi connectivity index (χ2v) is 6.10. The summed E-state index contributed by atoms with van der Waals surface area (Å²) >= 11 is 0. The van der Waals surface area contributed by atoms with E-state index in [0.29, 0.717) is 33.6 Å². The highest BCUT2D eigenvalue weighted by Gasteiger charge is 2.42. The van der Waals surface area contributed by atoms with Crippen molar-refractivity contribution in [3.8, 4) is 11.5 Å². The van der Waals surface area contributed by atoms with Crippen LogP contribution >= 0.6 is 0 Å². The summed E-state index contributed by atoms with van der Waals surface area (Å²) in [6, 6.07) is 11.6. The van der Waals surface area contributed by atoms with Crippen molar-refractivity contribution in [2.75, 3.05) is 21.3 Å². The van der Waals surface area contributed by atoms with Gasteiger partial charge in [0.2, 0.25) is 5.76 Å². The molecule has 0 aliphatic carbocycles. The van der Waals surface area contributed by atoms with E-state index in [0.717, 1.165) is 0 Å². The van der Waals surface area contributed by atoms with Crippen molar-refractivity contribution in [3.05, 3.63) is 69.6 Å². The monoisotopic (exact) mass is 351 g/mol. The zero-order valence-corrected chi connectivity index (χ0v) is 14.6. The van der Waals surface area contributed by atoms with Gasteiger partial charge in [-0.15, -0.1) is 0 Å². The molecule has 1 aromatic heterocycles. The summed E-state index contributed by atoms with van der Waals surface area (Å²) in [6.45, 7) is 0. The summed E-state index contributed by atoms with van der Waals surface area (Å²) < 4.78 is 16.5. The Hall–Kier alpha value is -3.28. The maximum absolute atomic E-state index is 13.1. The van der Waals surface area contributed by atoms with Crippen molar-refractivity contribution in [1.82, 2.24) is 4.90 Å². The average molecular weight is 351 g/mol. The van der Waals surface area contributed by atoms with Gasteiger partial charge in [-0.05, 0) is 30.3 Å². The Balaban J connectivity index is 2.04. The van der Waals surface area contributed by atoms with Crippen molar-refractivity contribution in [1.29, 1.82) is 0 Å². The first kappa shape index (κ1) is 16.2. The Bertz CT molecular complexity index is 1090. The molecule has 0 saturated heterocycles. The number of rotatable bonds is 3. The van der Waals surface area contributed by atoms with E-state index in [4.69, 9.17) is 13.9 Å². The SMILES string of the molecule is COc1ccc(OC)c(C2c3c(oc4ccccc4c3=O)C(=O)N2C)c1. The molecule has 0 radical (unpaired) electrons. The second kappa shape index (κ2) is 5.91. The van der Waals surface area contributed by atoms with E-state index in [-0.39, 0.29) is 17.1 Å². The molecule has 6 nitrogen and oxygen atoms in total. The van der Waals surface area contributed by atoms with Crippen LogP contribution in [-0.2, 0) is 0 Å². The van der Waals surface area contributed by atoms with Crippen LogP contribution < -0.4 is 14.9 Å². The number of hydrogen-bond donors (Lipinski definition) is 0. The lowest BCUT2D eigenvalue weighted by Crippen LogP contribution is -2.25. The molecule has 1 atom stereocenters. The Labute approximate surface area is 149 Å². The number of benzene rings is 2. The standard InChI is InChI=1S/C20H17NO5/c1-21-17(13-10-11(24-2)8-9-14(13)25-3)16-18(22)12-6-4-5-7-15(12)26-19(16)20(21)23/h4-10,17H,1-3H3. The average Bonchev–Trinajstić information content (AvgIpc) is 2.92. The van der Waals surface area contributed by atoms with Crippen LogP contribution in [0.5, 0.6) is 11.5 Å².